The van der Waals surface area contributed by atoms with Gasteiger partial charge in [0.05, 0.1) is 6.61 Å². The van der Waals surface area contributed by atoms with E-state index in [2.05, 4.69) is 15.9 Å². The van der Waals surface area contributed by atoms with Crippen LogP contribution in [0.3, 0.4) is 0 Å². The monoisotopic (exact) mass is 353 g/mol. The van der Waals surface area contributed by atoms with E-state index in [9.17, 15) is 12.8 Å². The van der Waals surface area contributed by atoms with Gasteiger partial charge in [-0.05, 0) is 32.0 Å². The van der Waals surface area contributed by atoms with Gasteiger partial charge in [0.15, 0.2) is 0 Å². The van der Waals surface area contributed by atoms with Crippen molar-refractivity contribution in [1.82, 2.24) is 4.31 Å². The van der Waals surface area contributed by atoms with Gasteiger partial charge in [-0.1, -0.05) is 15.9 Å². The zero-order valence-corrected chi connectivity index (χ0v) is 13.5. The second-order valence-electron chi connectivity index (χ2n) is 4.28. The summed E-state index contributed by atoms with van der Waals surface area (Å²) >= 11 is 3.10. The number of nitrogens with zero attached hydrogens (tertiary/aromatic N) is 1. The average Bonchev–Trinajstić information content (AvgIpc) is 2.27. The van der Waals surface area contributed by atoms with Crippen molar-refractivity contribution in [3.8, 4) is 0 Å². The summed E-state index contributed by atoms with van der Waals surface area (Å²) in [7, 11) is -2.37. The van der Waals surface area contributed by atoms with Crippen LogP contribution in [0.5, 0.6) is 0 Å². The van der Waals surface area contributed by atoms with E-state index in [4.69, 9.17) is 4.74 Å². The van der Waals surface area contributed by atoms with Crippen LogP contribution < -0.4 is 0 Å². The van der Waals surface area contributed by atoms with Crippen molar-refractivity contribution in [2.24, 2.45) is 0 Å². The fourth-order valence-corrected chi connectivity index (χ4v) is 3.65. The standard InChI is InChI=1S/C12H17BrFNO3S/c1-9(2)15(6-7-18-3)19(16,17)12-5-4-10(13)8-11(12)14/h4-5,8-9H,6-7H2,1-3H3. The molecule has 0 heterocycles. The first-order valence-electron chi connectivity index (χ1n) is 5.76. The molecule has 1 aromatic rings. The normalized spacial score (nSPS) is 12.4. The van der Waals surface area contributed by atoms with Gasteiger partial charge >= 0.3 is 0 Å². The molecule has 0 spiro atoms. The van der Waals surface area contributed by atoms with Crippen LogP contribution in [0, 0.1) is 5.82 Å². The van der Waals surface area contributed by atoms with Gasteiger partial charge in [0.25, 0.3) is 0 Å². The predicted octanol–water partition coefficient (Wildman–Crippen LogP) is 2.63. The summed E-state index contributed by atoms with van der Waals surface area (Å²) in [5, 5.41) is 0. The fourth-order valence-electron chi connectivity index (χ4n) is 1.65. The van der Waals surface area contributed by atoms with Crippen LogP contribution in [-0.4, -0.2) is 39.0 Å². The highest BCUT2D eigenvalue weighted by Gasteiger charge is 2.29. The van der Waals surface area contributed by atoms with Gasteiger partial charge in [-0.2, -0.15) is 4.31 Å². The SMILES string of the molecule is COCCN(C(C)C)S(=O)(=O)c1ccc(Br)cc1F. The van der Waals surface area contributed by atoms with Gasteiger partial charge in [-0.15, -0.1) is 0 Å². The topological polar surface area (TPSA) is 46.6 Å². The van der Waals surface area contributed by atoms with Crippen molar-refractivity contribution < 1.29 is 17.5 Å². The number of ether oxygens (including phenoxy) is 1. The molecule has 0 aromatic heterocycles. The summed E-state index contributed by atoms with van der Waals surface area (Å²) in [6, 6.07) is 3.63. The lowest BCUT2D eigenvalue weighted by atomic mass is 10.3. The summed E-state index contributed by atoms with van der Waals surface area (Å²) in [5.74, 6) is -0.766. The molecule has 0 saturated carbocycles. The van der Waals surface area contributed by atoms with Crippen LogP contribution in [0.15, 0.2) is 27.6 Å². The molecule has 19 heavy (non-hydrogen) atoms. The molecule has 0 atom stereocenters. The van der Waals surface area contributed by atoms with Crippen LogP contribution in [-0.2, 0) is 14.8 Å². The van der Waals surface area contributed by atoms with E-state index >= 15 is 0 Å². The molecule has 7 heteroatoms. The number of benzene rings is 1. The molecule has 108 valence electrons. The van der Waals surface area contributed by atoms with E-state index < -0.39 is 15.8 Å². The van der Waals surface area contributed by atoms with Crippen molar-refractivity contribution >= 4 is 26.0 Å². The Labute approximate surface area is 121 Å². The minimum atomic E-state index is -3.86. The lowest BCUT2D eigenvalue weighted by Crippen LogP contribution is -2.39. The first-order valence-corrected chi connectivity index (χ1v) is 8.00. The lowest BCUT2D eigenvalue weighted by molar-refractivity contribution is 0.170. The highest BCUT2D eigenvalue weighted by atomic mass is 79.9. The van der Waals surface area contributed by atoms with Gasteiger partial charge in [0, 0.05) is 24.2 Å². The summed E-state index contributed by atoms with van der Waals surface area (Å²) in [5.41, 5.74) is 0. The Balaban J connectivity index is 3.19. The minimum Gasteiger partial charge on any atom is -0.383 e. The average molecular weight is 354 g/mol. The van der Waals surface area contributed by atoms with E-state index in [1.165, 1.54) is 23.5 Å². The maximum absolute atomic E-state index is 13.8. The van der Waals surface area contributed by atoms with Gasteiger partial charge < -0.3 is 4.74 Å². The summed E-state index contributed by atoms with van der Waals surface area (Å²) < 4.78 is 45.3. The molecule has 0 fully saturated rings. The van der Waals surface area contributed by atoms with E-state index in [-0.39, 0.29) is 24.1 Å². The van der Waals surface area contributed by atoms with E-state index in [1.54, 1.807) is 13.8 Å². The minimum absolute atomic E-state index is 0.187. The fraction of sp³-hybridized carbons (Fsp3) is 0.500. The van der Waals surface area contributed by atoms with Gasteiger partial charge in [-0.25, -0.2) is 12.8 Å². The smallest absolute Gasteiger partial charge is 0.246 e. The highest BCUT2D eigenvalue weighted by molar-refractivity contribution is 9.10. The molecule has 1 rings (SSSR count). The molecule has 0 saturated heterocycles. The number of hydrogen-bond acceptors (Lipinski definition) is 3. The first-order chi connectivity index (χ1) is 8.80. The quantitative estimate of drug-likeness (QED) is 0.789. The van der Waals surface area contributed by atoms with E-state index in [0.717, 1.165) is 6.07 Å². The third-order valence-corrected chi connectivity index (χ3v) is 5.17. The Morgan fingerprint density at radius 2 is 2.05 bits per heavy atom. The Hall–Kier alpha value is -0.500. The third kappa shape index (κ3) is 3.98. The number of methoxy groups -OCH3 is 1. The first kappa shape index (κ1) is 16.6. The molecule has 0 aliphatic heterocycles. The van der Waals surface area contributed by atoms with Gasteiger partial charge in [0.2, 0.25) is 10.0 Å². The molecule has 1 aromatic carbocycles. The maximum Gasteiger partial charge on any atom is 0.246 e. The zero-order chi connectivity index (χ0) is 14.6. The number of rotatable bonds is 6. The van der Waals surface area contributed by atoms with Crippen molar-refractivity contribution in [3.63, 3.8) is 0 Å². The predicted molar refractivity (Wildman–Crippen MR) is 75.0 cm³/mol. The van der Waals surface area contributed by atoms with Crippen LogP contribution in [0.1, 0.15) is 13.8 Å². The third-order valence-electron chi connectivity index (χ3n) is 2.57. The number of hydrogen-bond donors (Lipinski definition) is 0. The summed E-state index contributed by atoms with van der Waals surface area (Å²) in [4.78, 5) is -0.319. The molecule has 0 amide bonds. The molecular weight excluding hydrogens is 337 g/mol. The number of halogens is 2. The molecule has 0 aliphatic rings. The van der Waals surface area contributed by atoms with Crippen molar-refractivity contribution in [3.05, 3.63) is 28.5 Å². The van der Waals surface area contributed by atoms with E-state index in [0.29, 0.717) is 4.47 Å². The summed E-state index contributed by atoms with van der Waals surface area (Å²) in [6.45, 7) is 3.93. The highest BCUT2D eigenvalue weighted by Crippen LogP contribution is 2.23. The Kier molecular flexibility index (Phi) is 5.91. The lowest BCUT2D eigenvalue weighted by Gasteiger charge is -2.25. The Bertz CT molecular complexity index is 534. The zero-order valence-electron chi connectivity index (χ0n) is 11.1. The molecule has 4 nitrogen and oxygen atoms in total. The van der Waals surface area contributed by atoms with Crippen LogP contribution in [0.2, 0.25) is 0 Å². The molecule has 0 aliphatic carbocycles. The van der Waals surface area contributed by atoms with Crippen molar-refractivity contribution in [2.45, 2.75) is 24.8 Å². The molecule has 0 bridgehead atoms. The molecular formula is C12H17BrFNO3S. The second-order valence-corrected chi connectivity index (χ2v) is 7.05. The van der Waals surface area contributed by atoms with Crippen molar-refractivity contribution in [1.29, 1.82) is 0 Å². The molecule has 0 unspecified atom stereocenters. The number of sulfonamides is 1. The second kappa shape index (κ2) is 6.78. The van der Waals surface area contributed by atoms with Crippen LogP contribution in [0.4, 0.5) is 4.39 Å². The maximum atomic E-state index is 13.8. The van der Waals surface area contributed by atoms with Gasteiger partial charge in [-0.3, -0.25) is 0 Å². The Morgan fingerprint density at radius 3 is 2.53 bits per heavy atom. The van der Waals surface area contributed by atoms with Crippen LogP contribution >= 0.6 is 15.9 Å². The molecule has 0 N–H and O–H groups in total. The van der Waals surface area contributed by atoms with Crippen molar-refractivity contribution in [2.75, 3.05) is 20.3 Å². The Morgan fingerprint density at radius 1 is 1.42 bits per heavy atom. The summed E-state index contributed by atoms with van der Waals surface area (Å²) in [6.07, 6.45) is 0. The molecule has 0 radical (unpaired) electrons. The van der Waals surface area contributed by atoms with Gasteiger partial charge in [0.1, 0.15) is 10.7 Å². The largest absolute Gasteiger partial charge is 0.383 e. The van der Waals surface area contributed by atoms with Crippen LogP contribution in [0.25, 0.3) is 0 Å². The van der Waals surface area contributed by atoms with E-state index in [1.807, 2.05) is 0 Å².